The predicted molar refractivity (Wildman–Crippen MR) is 83.9 cm³/mol. The van der Waals surface area contributed by atoms with Gasteiger partial charge in [-0.25, -0.2) is 0 Å². The summed E-state index contributed by atoms with van der Waals surface area (Å²) < 4.78 is 2.09. The maximum atomic E-state index is 4.58. The van der Waals surface area contributed by atoms with Gasteiger partial charge in [0.25, 0.3) is 0 Å². The molecular formula is C16H17N3S. The van der Waals surface area contributed by atoms with Crippen molar-refractivity contribution in [1.29, 1.82) is 0 Å². The SMILES string of the molecule is Cc1cc(-c2c(-c3ccncc3)cnn2C(C)C)cs1. The first-order valence-corrected chi connectivity index (χ1v) is 7.58. The molecule has 3 nitrogen and oxygen atoms in total. The maximum Gasteiger partial charge on any atom is 0.0772 e. The second-order valence-corrected chi connectivity index (χ2v) is 6.24. The van der Waals surface area contributed by atoms with Gasteiger partial charge in [0.2, 0.25) is 0 Å². The third kappa shape index (κ3) is 2.27. The molecular weight excluding hydrogens is 266 g/mol. The van der Waals surface area contributed by atoms with Gasteiger partial charge < -0.3 is 0 Å². The Morgan fingerprint density at radius 3 is 2.50 bits per heavy atom. The smallest absolute Gasteiger partial charge is 0.0772 e. The lowest BCUT2D eigenvalue weighted by Gasteiger charge is -2.12. The fourth-order valence-corrected chi connectivity index (χ4v) is 3.04. The third-order valence-electron chi connectivity index (χ3n) is 3.28. The highest BCUT2D eigenvalue weighted by Crippen LogP contribution is 2.35. The normalized spacial score (nSPS) is 11.2. The van der Waals surface area contributed by atoms with Gasteiger partial charge in [-0.05, 0) is 44.5 Å². The van der Waals surface area contributed by atoms with E-state index in [4.69, 9.17) is 0 Å². The summed E-state index contributed by atoms with van der Waals surface area (Å²) in [7, 11) is 0. The largest absolute Gasteiger partial charge is 0.265 e. The van der Waals surface area contributed by atoms with Gasteiger partial charge in [-0.1, -0.05) is 0 Å². The van der Waals surface area contributed by atoms with Crippen molar-refractivity contribution in [1.82, 2.24) is 14.8 Å². The number of thiophene rings is 1. The summed E-state index contributed by atoms with van der Waals surface area (Å²) in [6, 6.07) is 6.63. The Balaban J connectivity index is 2.21. The van der Waals surface area contributed by atoms with Crippen LogP contribution in [0.3, 0.4) is 0 Å². The van der Waals surface area contributed by atoms with E-state index in [9.17, 15) is 0 Å². The zero-order chi connectivity index (χ0) is 14.1. The zero-order valence-corrected chi connectivity index (χ0v) is 12.7. The lowest BCUT2D eigenvalue weighted by atomic mass is 10.0. The van der Waals surface area contributed by atoms with E-state index in [1.54, 1.807) is 11.3 Å². The summed E-state index contributed by atoms with van der Waals surface area (Å²) in [6.07, 6.45) is 5.60. The number of nitrogens with zero attached hydrogens (tertiary/aromatic N) is 3. The van der Waals surface area contributed by atoms with E-state index in [-0.39, 0.29) is 0 Å². The van der Waals surface area contributed by atoms with Gasteiger partial charge in [-0.2, -0.15) is 5.10 Å². The molecule has 0 aliphatic heterocycles. The molecule has 4 heteroatoms. The summed E-state index contributed by atoms with van der Waals surface area (Å²) in [4.78, 5) is 5.41. The highest BCUT2D eigenvalue weighted by Gasteiger charge is 2.17. The Hall–Kier alpha value is -1.94. The molecule has 0 fully saturated rings. The molecule has 3 heterocycles. The average molecular weight is 283 g/mol. The molecule has 0 spiro atoms. The highest BCUT2D eigenvalue weighted by molar-refractivity contribution is 7.10. The molecule has 0 radical (unpaired) electrons. The first kappa shape index (κ1) is 13.1. The summed E-state index contributed by atoms with van der Waals surface area (Å²) >= 11 is 1.77. The summed E-state index contributed by atoms with van der Waals surface area (Å²) in [5.74, 6) is 0. The number of hydrogen-bond donors (Lipinski definition) is 0. The monoisotopic (exact) mass is 283 g/mol. The summed E-state index contributed by atoms with van der Waals surface area (Å²) in [5, 5.41) is 6.78. The van der Waals surface area contributed by atoms with Crippen LogP contribution in [0.2, 0.25) is 0 Å². The van der Waals surface area contributed by atoms with Crippen LogP contribution in [-0.4, -0.2) is 14.8 Å². The minimum absolute atomic E-state index is 0.334. The van der Waals surface area contributed by atoms with Crippen molar-refractivity contribution >= 4 is 11.3 Å². The van der Waals surface area contributed by atoms with Gasteiger partial charge in [0.1, 0.15) is 0 Å². The molecule has 3 aromatic heterocycles. The van der Waals surface area contributed by atoms with E-state index in [0.717, 1.165) is 5.56 Å². The van der Waals surface area contributed by atoms with E-state index in [1.165, 1.54) is 21.7 Å². The van der Waals surface area contributed by atoms with Crippen molar-refractivity contribution in [3.05, 3.63) is 47.0 Å². The van der Waals surface area contributed by atoms with E-state index >= 15 is 0 Å². The van der Waals surface area contributed by atoms with Crippen LogP contribution >= 0.6 is 11.3 Å². The van der Waals surface area contributed by atoms with Crippen LogP contribution in [0.4, 0.5) is 0 Å². The fraction of sp³-hybridized carbons (Fsp3) is 0.250. The number of aromatic nitrogens is 3. The van der Waals surface area contributed by atoms with Crippen LogP contribution in [0.5, 0.6) is 0 Å². The third-order valence-corrected chi connectivity index (χ3v) is 4.14. The first-order valence-electron chi connectivity index (χ1n) is 6.70. The number of aryl methyl sites for hydroxylation is 1. The molecule has 0 bridgehead atoms. The maximum absolute atomic E-state index is 4.58. The van der Waals surface area contributed by atoms with E-state index < -0.39 is 0 Å². The number of pyridine rings is 1. The van der Waals surface area contributed by atoms with Gasteiger partial charge in [0.05, 0.1) is 11.9 Å². The first-order chi connectivity index (χ1) is 9.66. The van der Waals surface area contributed by atoms with Crippen LogP contribution in [0, 0.1) is 6.92 Å². The predicted octanol–water partition coefficient (Wildman–Crippen LogP) is 4.56. The van der Waals surface area contributed by atoms with Crippen molar-refractivity contribution in [2.45, 2.75) is 26.8 Å². The van der Waals surface area contributed by atoms with Crippen molar-refractivity contribution in [2.24, 2.45) is 0 Å². The van der Waals surface area contributed by atoms with E-state index in [1.807, 2.05) is 30.7 Å². The van der Waals surface area contributed by atoms with E-state index in [0.29, 0.717) is 6.04 Å². The Morgan fingerprint density at radius 2 is 1.90 bits per heavy atom. The molecule has 0 unspecified atom stereocenters. The van der Waals surface area contributed by atoms with Crippen molar-refractivity contribution in [3.8, 4) is 22.4 Å². The molecule has 0 saturated heterocycles. The van der Waals surface area contributed by atoms with Crippen molar-refractivity contribution in [3.63, 3.8) is 0 Å². The number of hydrogen-bond acceptors (Lipinski definition) is 3. The standard InChI is InChI=1S/C16H17N3S/c1-11(2)19-16(14-8-12(3)20-10-14)15(9-18-19)13-4-6-17-7-5-13/h4-11H,1-3H3. The van der Waals surface area contributed by atoms with Crippen LogP contribution in [0.1, 0.15) is 24.8 Å². The molecule has 0 aliphatic rings. The molecule has 0 atom stereocenters. The Labute approximate surface area is 122 Å². The second kappa shape index (κ2) is 5.21. The second-order valence-electron chi connectivity index (χ2n) is 5.13. The zero-order valence-electron chi connectivity index (χ0n) is 11.9. The van der Waals surface area contributed by atoms with Crippen LogP contribution in [-0.2, 0) is 0 Å². The number of rotatable bonds is 3. The molecule has 0 N–H and O–H groups in total. The Morgan fingerprint density at radius 1 is 1.15 bits per heavy atom. The fourth-order valence-electron chi connectivity index (χ4n) is 2.35. The quantitative estimate of drug-likeness (QED) is 0.705. The minimum atomic E-state index is 0.334. The molecule has 0 aromatic carbocycles. The van der Waals surface area contributed by atoms with Crippen molar-refractivity contribution in [2.75, 3.05) is 0 Å². The molecule has 20 heavy (non-hydrogen) atoms. The van der Waals surface area contributed by atoms with Crippen LogP contribution in [0.25, 0.3) is 22.4 Å². The van der Waals surface area contributed by atoms with E-state index in [2.05, 4.69) is 47.0 Å². The lowest BCUT2D eigenvalue weighted by molar-refractivity contribution is 0.539. The summed E-state index contributed by atoms with van der Waals surface area (Å²) in [6.45, 7) is 6.45. The molecule has 0 amide bonds. The average Bonchev–Trinajstić information content (AvgIpc) is 3.05. The molecule has 3 rings (SSSR count). The van der Waals surface area contributed by atoms with Crippen molar-refractivity contribution < 1.29 is 0 Å². The van der Waals surface area contributed by atoms with Crippen LogP contribution < -0.4 is 0 Å². The molecule has 0 aliphatic carbocycles. The minimum Gasteiger partial charge on any atom is -0.265 e. The topological polar surface area (TPSA) is 30.7 Å². The van der Waals surface area contributed by atoms with Gasteiger partial charge in [-0.15, -0.1) is 11.3 Å². The van der Waals surface area contributed by atoms with Gasteiger partial charge >= 0.3 is 0 Å². The Bertz CT molecular complexity index is 710. The van der Waals surface area contributed by atoms with Gasteiger partial charge in [-0.3, -0.25) is 9.67 Å². The van der Waals surface area contributed by atoms with Crippen LogP contribution in [0.15, 0.2) is 42.2 Å². The molecule has 102 valence electrons. The highest BCUT2D eigenvalue weighted by atomic mass is 32.1. The van der Waals surface area contributed by atoms with Gasteiger partial charge in [0, 0.05) is 39.8 Å². The lowest BCUT2D eigenvalue weighted by Crippen LogP contribution is -2.04. The Kier molecular flexibility index (Phi) is 3.40. The molecule has 3 aromatic rings. The summed E-state index contributed by atoms with van der Waals surface area (Å²) in [5.41, 5.74) is 4.76. The van der Waals surface area contributed by atoms with Gasteiger partial charge in [0.15, 0.2) is 0 Å². The molecule has 0 saturated carbocycles.